The van der Waals surface area contributed by atoms with E-state index in [0.29, 0.717) is 28.9 Å². The van der Waals surface area contributed by atoms with Crippen LogP contribution in [0.2, 0.25) is 0 Å². The van der Waals surface area contributed by atoms with Gasteiger partial charge in [0.25, 0.3) is 5.91 Å². The number of sulfone groups is 1. The molecular formula is C25H27NO7S. The average Bonchev–Trinajstić information content (AvgIpc) is 3.20. The van der Waals surface area contributed by atoms with E-state index < -0.39 is 21.8 Å². The molecule has 1 amide bonds. The SMILES string of the molecule is CCc1ccc2oc(C(=O)N(Cc3ccc(OC)c(OC)c3)C3CCS(=O)(=O)C3)cc(=O)c2c1. The van der Waals surface area contributed by atoms with Crippen LogP contribution in [-0.2, 0) is 22.8 Å². The number of hydrogen-bond donors (Lipinski definition) is 0. The van der Waals surface area contributed by atoms with Gasteiger partial charge in [-0.3, -0.25) is 9.59 Å². The highest BCUT2D eigenvalue weighted by atomic mass is 32.2. The van der Waals surface area contributed by atoms with Gasteiger partial charge in [-0.05, 0) is 48.2 Å². The van der Waals surface area contributed by atoms with Crippen molar-refractivity contribution in [1.29, 1.82) is 0 Å². The highest BCUT2D eigenvalue weighted by molar-refractivity contribution is 7.91. The Morgan fingerprint density at radius 1 is 1.06 bits per heavy atom. The van der Waals surface area contributed by atoms with Crippen LogP contribution in [0, 0.1) is 0 Å². The molecular weight excluding hydrogens is 458 g/mol. The summed E-state index contributed by atoms with van der Waals surface area (Å²) >= 11 is 0. The molecule has 1 atom stereocenters. The minimum atomic E-state index is -3.25. The van der Waals surface area contributed by atoms with E-state index in [-0.39, 0.29) is 29.2 Å². The maximum absolute atomic E-state index is 13.6. The Bertz CT molecular complexity index is 1390. The summed E-state index contributed by atoms with van der Waals surface area (Å²) in [6, 6.07) is 11.2. The number of amides is 1. The summed E-state index contributed by atoms with van der Waals surface area (Å²) in [6.45, 7) is 2.11. The molecule has 0 spiro atoms. The van der Waals surface area contributed by atoms with Gasteiger partial charge in [0.15, 0.2) is 32.5 Å². The minimum Gasteiger partial charge on any atom is -0.493 e. The van der Waals surface area contributed by atoms with E-state index in [0.717, 1.165) is 17.5 Å². The quantitative estimate of drug-likeness (QED) is 0.506. The number of carbonyl (C=O) groups is 1. The van der Waals surface area contributed by atoms with Crippen molar-refractivity contribution in [2.45, 2.75) is 32.4 Å². The van der Waals surface area contributed by atoms with Crippen LogP contribution in [0.4, 0.5) is 0 Å². The predicted octanol–water partition coefficient (Wildman–Crippen LogP) is 3.20. The third kappa shape index (κ3) is 4.79. The lowest BCUT2D eigenvalue weighted by Gasteiger charge is -2.28. The van der Waals surface area contributed by atoms with Crippen LogP contribution < -0.4 is 14.9 Å². The van der Waals surface area contributed by atoms with E-state index in [1.54, 1.807) is 30.3 Å². The highest BCUT2D eigenvalue weighted by Crippen LogP contribution is 2.30. The summed E-state index contributed by atoms with van der Waals surface area (Å²) in [7, 11) is -0.208. The number of aryl methyl sites for hydroxylation is 1. The molecule has 1 aliphatic heterocycles. The highest BCUT2D eigenvalue weighted by Gasteiger charge is 2.36. The molecule has 0 aliphatic carbocycles. The molecule has 1 aliphatic rings. The standard InChI is InChI=1S/C25H27NO7S/c1-4-16-5-7-21-19(11-16)20(27)13-24(33-21)25(28)26(18-9-10-34(29,30)15-18)14-17-6-8-22(31-2)23(12-17)32-3/h5-8,11-13,18H,4,9-10,14-15H2,1-3H3. The van der Waals surface area contributed by atoms with Gasteiger partial charge in [-0.15, -0.1) is 0 Å². The predicted molar refractivity (Wildman–Crippen MR) is 128 cm³/mol. The van der Waals surface area contributed by atoms with Crippen LogP contribution >= 0.6 is 0 Å². The van der Waals surface area contributed by atoms with E-state index in [1.807, 2.05) is 13.0 Å². The van der Waals surface area contributed by atoms with Crippen molar-refractivity contribution >= 4 is 26.7 Å². The fraction of sp³-hybridized carbons (Fsp3) is 0.360. The first kappa shape index (κ1) is 23.8. The van der Waals surface area contributed by atoms with E-state index in [4.69, 9.17) is 13.9 Å². The van der Waals surface area contributed by atoms with Gasteiger partial charge in [-0.2, -0.15) is 0 Å². The Labute approximate surface area is 198 Å². The molecule has 4 rings (SSSR count). The largest absolute Gasteiger partial charge is 0.493 e. The van der Waals surface area contributed by atoms with Gasteiger partial charge in [-0.25, -0.2) is 8.42 Å². The van der Waals surface area contributed by atoms with Gasteiger partial charge in [0.05, 0.1) is 31.1 Å². The smallest absolute Gasteiger partial charge is 0.290 e. The van der Waals surface area contributed by atoms with Gasteiger partial charge in [0.1, 0.15) is 5.58 Å². The number of nitrogens with zero attached hydrogens (tertiary/aromatic N) is 1. The fourth-order valence-corrected chi connectivity index (χ4v) is 5.96. The van der Waals surface area contributed by atoms with Crippen molar-refractivity contribution in [1.82, 2.24) is 4.90 Å². The first-order valence-corrected chi connectivity index (χ1v) is 12.9. The molecule has 0 N–H and O–H groups in total. The second kappa shape index (κ2) is 9.50. The lowest BCUT2D eigenvalue weighted by molar-refractivity contribution is 0.0648. The molecule has 180 valence electrons. The minimum absolute atomic E-state index is 0.00877. The van der Waals surface area contributed by atoms with Crippen molar-refractivity contribution in [2.75, 3.05) is 25.7 Å². The molecule has 1 unspecified atom stereocenters. The van der Waals surface area contributed by atoms with E-state index in [1.165, 1.54) is 25.2 Å². The average molecular weight is 486 g/mol. The summed E-state index contributed by atoms with van der Waals surface area (Å²) in [5.74, 6) is 0.260. The van der Waals surface area contributed by atoms with Crippen LogP contribution in [0.3, 0.4) is 0 Å². The van der Waals surface area contributed by atoms with Crippen molar-refractivity contribution in [3.63, 3.8) is 0 Å². The summed E-state index contributed by atoms with van der Waals surface area (Å²) in [5.41, 5.74) is 1.72. The van der Waals surface area contributed by atoms with Crippen molar-refractivity contribution in [2.24, 2.45) is 0 Å². The van der Waals surface area contributed by atoms with E-state index in [9.17, 15) is 18.0 Å². The summed E-state index contributed by atoms with van der Waals surface area (Å²) in [4.78, 5) is 27.8. The number of methoxy groups -OCH3 is 2. The Morgan fingerprint density at radius 3 is 2.44 bits per heavy atom. The fourth-order valence-electron chi connectivity index (χ4n) is 4.23. The second-order valence-corrected chi connectivity index (χ2v) is 10.6. The molecule has 1 saturated heterocycles. The molecule has 0 saturated carbocycles. The number of fused-ring (bicyclic) bond motifs is 1. The maximum atomic E-state index is 13.6. The summed E-state index contributed by atoms with van der Waals surface area (Å²) in [6.07, 6.45) is 1.09. The normalized spacial score (nSPS) is 17.0. The molecule has 1 fully saturated rings. The van der Waals surface area contributed by atoms with Crippen LogP contribution in [0.1, 0.15) is 35.0 Å². The van der Waals surface area contributed by atoms with Gasteiger partial charge in [0, 0.05) is 18.7 Å². The Kier molecular flexibility index (Phi) is 6.65. The zero-order valence-electron chi connectivity index (χ0n) is 19.4. The Morgan fingerprint density at radius 2 is 1.79 bits per heavy atom. The summed E-state index contributed by atoms with van der Waals surface area (Å²) < 4.78 is 40.8. The first-order chi connectivity index (χ1) is 16.2. The lowest BCUT2D eigenvalue weighted by atomic mass is 10.1. The third-order valence-electron chi connectivity index (χ3n) is 6.12. The molecule has 3 aromatic rings. The number of hydrogen-bond acceptors (Lipinski definition) is 7. The first-order valence-electron chi connectivity index (χ1n) is 11.0. The van der Waals surface area contributed by atoms with Gasteiger partial charge in [0.2, 0.25) is 0 Å². The number of carbonyl (C=O) groups excluding carboxylic acids is 1. The van der Waals surface area contributed by atoms with Crippen molar-refractivity contribution < 1.29 is 27.1 Å². The van der Waals surface area contributed by atoms with Crippen LogP contribution in [0.25, 0.3) is 11.0 Å². The van der Waals surface area contributed by atoms with Gasteiger partial charge >= 0.3 is 0 Å². The molecule has 0 radical (unpaired) electrons. The molecule has 8 nitrogen and oxygen atoms in total. The Balaban J connectivity index is 1.73. The van der Waals surface area contributed by atoms with E-state index in [2.05, 4.69) is 0 Å². The van der Waals surface area contributed by atoms with Gasteiger partial charge in [-0.1, -0.05) is 19.1 Å². The van der Waals surface area contributed by atoms with Crippen LogP contribution in [0.5, 0.6) is 11.5 Å². The molecule has 9 heteroatoms. The third-order valence-corrected chi connectivity index (χ3v) is 7.87. The molecule has 0 bridgehead atoms. The zero-order chi connectivity index (χ0) is 24.5. The molecule has 2 aromatic carbocycles. The second-order valence-electron chi connectivity index (χ2n) is 8.34. The molecule has 2 heterocycles. The topological polar surface area (TPSA) is 103 Å². The van der Waals surface area contributed by atoms with Crippen molar-refractivity contribution in [3.05, 3.63) is 69.6 Å². The number of rotatable bonds is 7. The van der Waals surface area contributed by atoms with Crippen molar-refractivity contribution in [3.8, 4) is 11.5 Å². The number of benzene rings is 2. The summed E-state index contributed by atoms with van der Waals surface area (Å²) in [5, 5.41) is 0.408. The van der Waals surface area contributed by atoms with Crippen LogP contribution in [-0.4, -0.2) is 51.0 Å². The van der Waals surface area contributed by atoms with Crippen LogP contribution in [0.15, 0.2) is 51.7 Å². The monoisotopic (exact) mass is 485 g/mol. The number of ether oxygens (including phenoxy) is 2. The van der Waals surface area contributed by atoms with E-state index >= 15 is 0 Å². The molecule has 34 heavy (non-hydrogen) atoms. The van der Waals surface area contributed by atoms with Gasteiger partial charge < -0.3 is 18.8 Å². The lowest BCUT2D eigenvalue weighted by Crippen LogP contribution is -2.41. The maximum Gasteiger partial charge on any atom is 0.290 e. The Hall–Kier alpha value is -3.33. The molecule has 1 aromatic heterocycles. The zero-order valence-corrected chi connectivity index (χ0v) is 20.2.